The van der Waals surface area contributed by atoms with Gasteiger partial charge in [0.15, 0.2) is 0 Å². The van der Waals surface area contributed by atoms with Gasteiger partial charge in [0, 0.05) is 33.6 Å². The first-order chi connectivity index (χ1) is 8.63. The molecule has 1 aromatic rings. The van der Waals surface area contributed by atoms with Crippen molar-refractivity contribution in [3.05, 3.63) is 29.6 Å². The van der Waals surface area contributed by atoms with E-state index >= 15 is 0 Å². The highest BCUT2D eigenvalue weighted by Crippen LogP contribution is 2.39. The van der Waals surface area contributed by atoms with Crippen LogP contribution in [0.2, 0.25) is 0 Å². The highest BCUT2D eigenvalue weighted by atomic mass is 32.2. The van der Waals surface area contributed by atoms with Crippen LogP contribution < -0.4 is 10.5 Å². The van der Waals surface area contributed by atoms with Crippen molar-refractivity contribution in [2.45, 2.75) is 23.5 Å². The van der Waals surface area contributed by atoms with Crippen LogP contribution in [0.4, 0.5) is 4.39 Å². The number of nitrogens with two attached hydrogens (primary N) is 1. The lowest BCUT2D eigenvalue weighted by Crippen LogP contribution is -2.34. The molecular weight excluding hydrogens is 269 g/mol. The van der Waals surface area contributed by atoms with Crippen LogP contribution >= 0.6 is 23.5 Å². The van der Waals surface area contributed by atoms with Crippen LogP contribution in [-0.4, -0.2) is 29.1 Å². The molecule has 1 aliphatic heterocycles. The van der Waals surface area contributed by atoms with Crippen molar-refractivity contribution in [2.75, 3.05) is 18.6 Å². The smallest absolute Gasteiger partial charge is 0.123 e. The zero-order valence-corrected chi connectivity index (χ0v) is 12.2. The first-order valence-electron chi connectivity index (χ1n) is 5.95. The molecule has 2 nitrogen and oxygen atoms in total. The predicted molar refractivity (Wildman–Crippen MR) is 78.0 cm³/mol. The molecule has 1 heterocycles. The molecule has 100 valence electrons. The van der Waals surface area contributed by atoms with E-state index in [1.807, 2.05) is 23.5 Å². The van der Waals surface area contributed by atoms with E-state index in [2.05, 4.69) is 6.92 Å². The van der Waals surface area contributed by atoms with E-state index < -0.39 is 0 Å². The topological polar surface area (TPSA) is 35.2 Å². The van der Waals surface area contributed by atoms with Crippen molar-refractivity contribution in [3.63, 3.8) is 0 Å². The number of hydrogen-bond donors (Lipinski definition) is 1. The number of benzene rings is 1. The summed E-state index contributed by atoms with van der Waals surface area (Å²) in [6.45, 7) is 2.19. The molecule has 1 fully saturated rings. The third-order valence-electron chi connectivity index (χ3n) is 3.14. The summed E-state index contributed by atoms with van der Waals surface area (Å²) in [7, 11) is 1.59. The van der Waals surface area contributed by atoms with Gasteiger partial charge < -0.3 is 10.5 Å². The molecule has 3 unspecified atom stereocenters. The Morgan fingerprint density at radius 2 is 2.11 bits per heavy atom. The highest BCUT2D eigenvalue weighted by molar-refractivity contribution is 8.07. The minimum atomic E-state index is -0.262. The average Bonchev–Trinajstić information content (AvgIpc) is 2.38. The molecule has 2 rings (SSSR count). The zero-order valence-electron chi connectivity index (χ0n) is 10.6. The third-order valence-corrected chi connectivity index (χ3v) is 6.36. The van der Waals surface area contributed by atoms with Gasteiger partial charge >= 0.3 is 0 Å². The first-order valence-corrected chi connectivity index (χ1v) is 8.05. The Kier molecular flexibility index (Phi) is 4.81. The Morgan fingerprint density at radius 1 is 1.39 bits per heavy atom. The SMILES string of the molecule is COc1ccc(F)cc1C(N)C1SCCSC1C. The number of ether oxygens (including phenoxy) is 1. The summed E-state index contributed by atoms with van der Waals surface area (Å²) >= 11 is 3.81. The molecule has 0 amide bonds. The lowest BCUT2D eigenvalue weighted by molar-refractivity contribution is 0.403. The second kappa shape index (κ2) is 6.17. The third kappa shape index (κ3) is 2.95. The Bertz CT molecular complexity index is 416. The summed E-state index contributed by atoms with van der Waals surface area (Å²) in [5.74, 6) is 2.68. The van der Waals surface area contributed by atoms with Gasteiger partial charge in [0.05, 0.1) is 7.11 Å². The molecule has 0 aromatic heterocycles. The van der Waals surface area contributed by atoms with Gasteiger partial charge in [0.25, 0.3) is 0 Å². The summed E-state index contributed by atoms with van der Waals surface area (Å²) in [6, 6.07) is 4.36. The van der Waals surface area contributed by atoms with E-state index in [0.717, 1.165) is 17.1 Å². The molecule has 3 atom stereocenters. The fraction of sp³-hybridized carbons (Fsp3) is 0.538. The van der Waals surface area contributed by atoms with Crippen LogP contribution in [0.1, 0.15) is 18.5 Å². The van der Waals surface area contributed by atoms with Crippen molar-refractivity contribution in [2.24, 2.45) is 5.73 Å². The number of hydrogen-bond acceptors (Lipinski definition) is 4. The molecule has 5 heteroatoms. The monoisotopic (exact) mass is 287 g/mol. The molecule has 0 radical (unpaired) electrons. The zero-order chi connectivity index (χ0) is 13.1. The second-order valence-electron chi connectivity index (χ2n) is 4.32. The van der Waals surface area contributed by atoms with Crippen molar-refractivity contribution in [1.29, 1.82) is 0 Å². The summed E-state index contributed by atoms with van der Waals surface area (Å²) in [5.41, 5.74) is 7.09. The van der Waals surface area contributed by atoms with Gasteiger partial charge in [-0.2, -0.15) is 23.5 Å². The van der Waals surface area contributed by atoms with Gasteiger partial charge in [0.1, 0.15) is 11.6 Å². The number of rotatable bonds is 3. The van der Waals surface area contributed by atoms with Crippen molar-refractivity contribution < 1.29 is 9.13 Å². The number of halogens is 1. The molecule has 0 bridgehead atoms. The van der Waals surface area contributed by atoms with Crippen LogP contribution in [0, 0.1) is 5.82 Å². The quantitative estimate of drug-likeness (QED) is 0.926. The van der Waals surface area contributed by atoms with Gasteiger partial charge in [0.2, 0.25) is 0 Å². The second-order valence-corrected chi connectivity index (χ2v) is 7.09. The van der Waals surface area contributed by atoms with Gasteiger partial charge in [-0.25, -0.2) is 4.39 Å². The van der Waals surface area contributed by atoms with Crippen LogP contribution in [0.15, 0.2) is 18.2 Å². The van der Waals surface area contributed by atoms with Gasteiger partial charge in [-0.1, -0.05) is 6.92 Å². The average molecular weight is 287 g/mol. The summed E-state index contributed by atoms with van der Waals surface area (Å²) in [4.78, 5) is 0. The van der Waals surface area contributed by atoms with Gasteiger partial charge in [-0.15, -0.1) is 0 Å². The van der Waals surface area contributed by atoms with Crippen LogP contribution in [0.25, 0.3) is 0 Å². The molecule has 0 spiro atoms. The fourth-order valence-corrected chi connectivity index (χ4v) is 5.06. The lowest BCUT2D eigenvalue weighted by atomic mass is 10.0. The van der Waals surface area contributed by atoms with E-state index in [1.54, 1.807) is 13.2 Å². The van der Waals surface area contributed by atoms with E-state index in [-0.39, 0.29) is 11.9 Å². The Labute approximate surface area is 116 Å². The van der Waals surface area contributed by atoms with Crippen molar-refractivity contribution in [3.8, 4) is 5.75 Å². The fourth-order valence-electron chi connectivity index (χ4n) is 2.19. The molecule has 1 saturated heterocycles. The summed E-state index contributed by atoms with van der Waals surface area (Å²) < 4.78 is 18.7. The van der Waals surface area contributed by atoms with Gasteiger partial charge in [-0.3, -0.25) is 0 Å². The molecular formula is C13H18FNOS2. The Morgan fingerprint density at radius 3 is 2.78 bits per heavy atom. The van der Waals surface area contributed by atoms with Crippen LogP contribution in [-0.2, 0) is 0 Å². The summed E-state index contributed by atoms with van der Waals surface area (Å²) in [6.07, 6.45) is 0. The Hall–Kier alpha value is -0.390. The van der Waals surface area contributed by atoms with Crippen LogP contribution in [0.3, 0.4) is 0 Å². The van der Waals surface area contributed by atoms with Crippen molar-refractivity contribution in [1.82, 2.24) is 0 Å². The van der Waals surface area contributed by atoms with Gasteiger partial charge in [-0.05, 0) is 18.2 Å². The minimum absolute atomic E-state index is 0.191. The molecule has 18 heavy (non-hydrogen) atoms. The van der Waals surface area contributed by atoms with E-state index in [4.69, 9.17) is 10.5 Å². The minimum Gasteiger partial charge on any atom is -0.496 e. The maximum absolute atomic E-state index is 13.4. The largest absolute Gasteiger partial charge is 0.496 e. The van der Waals surface area contributed by atoms with E-state index in [0.29, 0.717) is 16.2 Å². The predicted octanol–water partition coefficient (Wildman–Crippen LogP) is 3.07. The molecule has 1 aromatic carbocycles. The maximum atomic E-state index is 13.4. The normalized spacial score (nSPS) is 25.8. The molecule has 0 aliphatic carbocycles. The standard InChI is InChI=1S/C13H18FNOS2/c1-8-13(18-6-5-17-8)12(15)10-7-9(14)3-4-11(10)16-2/h3-4,7-8,12-13H,5-6,15H2,1-2H3. The lowest BCUT2D eigenvalue weighted by Gasteiger charge is -2.33. The molecule has 1 aliphatic rings. The highest BCUT2D eigenvalue weighted by Gasteiger charge is 2.30. The Balaban J connectivity index is 2.26. The van der Waals surface area contributed by atoms with E-state index in [1.165, 1.54) is 12.1 Å². The molecule has 2 N–H and O–H groups in total. The van der Waals surface area contributed by atoms with Crippen molar-refractivity contribution >= 4 is 23.5 Å². The summed E-state index contributed by atoms with van der Waals surface area (Å²) in [5, 5.41) is 0.783. The maximum Gasteiger partial charge on any atom is 0.123 e. The number of methoxy groups -OCH3 is 1. The van der Waals surface area contributed by atoms with E-state index in [9.17, 15) is 4.39 Å². The molecule has 0 saturated carbocycles. The number of thioether (sulfide) groups is 2. The first kappa shape index (κ1) is 14.0. The van der Waals surface area contributed by atoms with Crippen LogP contribution in [0.5, 0.6) is 5.75 Å².